The molecule has 0 spiro atoms. The first-order valence-electron chi connectivity index (χ1n) is 3.76. The van der Waals surface area contributed by atoms with Gasteiger partial charge in [0, 0.05) is 0 Å². The van der Waals surface area contributed by atoms with Crippen LogP contribution >= 0.6 is 0 Å². The second-order valence-corrected chi connectivity index (χ2v) is 2.45. The van der Waals surface area contributed by atoms with E-state index in [2.05, 4.69) is 14.7 Å². The maximum absolute atomic E-state index is 13.1. The maximum Gasteiger partial charge on any atom is 0.376 e. The molecule has 1 rings (SSSR count). The van der Waals surface area contributed by atoms with E-state index in [1.54, 1.807) is 0 Å². The second kappa shape index (κ2) is 3.99. The molecular weight excluding hydrogens is 191 g/mol. The van der Waals surface area contributed by atoms with Gasteiger partial charge in [-0.3, -0.25) is 0 Å². The van der Waals surface area contributed by atoms with Crippen LogP contribution in [-0.4, -0.2) is 30.2 Å². The molecule has 0 fully saturated rings. The van der Waals surface area contributed by atoms with E-state index in [0.29, 0.717) is 0 Å². The Morgan fingerprint density at radius 1 is 1.36 bits per heavy atom. The van der Waals surface area contributed by atoms with E-state index >= 15 is 0 Å². The molecule has 0 aliphatic rings. The van der Waals surface area contributed by atoms with Crippen molar-refractivity contribution in [1.82, 2.24) is 9.97 Å². The average molecular weight is 200 g/mol. The summed E-state index contributed by atoms with van der Waals surface area (Å²) in [6.07, 6.45) is 0. The molecule has 0 aromatic carbocycles. The molecule has 5 nitrogen and oxygen atoms in total. The lowest BCUT2D eigenvalue weighted by Crippen LogP contribution is -2.11. The Kier molecular flexibility index (Phi) is 2.95. The van der Waals surface area contributed by atoms with Crippen LogP contribution in [0.4, 0.5) is 4.39 Å². The standard InChI is InChI=1S/C8H9FN2O3/c1-4-5(13-2)6(9)11-7(10-4)8(12)14-3/h1-3H3. The number of aromatic nitrogens is 2. The summed E-state index contributed by atoms with van der Waals surface area (Å²) in [7, 11) is 2.47. The maximum atomic E-state index is 13.1. The molecule has 1 heterocycles. The monoisotopic (exact) mass is 200 g/mol. The molecule has 0 saturated carbocycles. The third-order valence-electron chi connectivity index (χ3n) is 1.57. The summed E-state index contributed by atoms with van der Waals surface area (Å²) in [5, 5.41) is 0. The van der Waals surface area contributed by atoms with E-state index in [1.165, 1.54) is 21.1 Å². The number of carbonyl (C=O) groups is 1. The van der Waals surface area contributed by atoms with Crippen molar-refractivity contribution >= 4 is 5.97 Å². The number of carbonyl (C=O) groups excluding carboxylic acids is 1. The van der Waals surface area contributed by atoms with Crippen LogP contribution in [-0.2, 0) is 4.74 Å². The van der Waals surface area contributed by atoms with Crippen molar-refractivity contribution in [1.29, 1.82) is 0 Å². The van der Waals surface area contributed by atoms with E-state index < -0.39 is 11.9 Å². The zero-order valence-electron chi connectivity index (χ0n) is 8.00. The van der Waals surface area contributed by atoms with Crippen molar-refractivity contribution < 1.29 is 18.7 Å². The van der Waals surface area contributed by atoms with Crippen LogP contribution in [0.15, 0.2) is 0 Å². The van der Waals surface area contributed by atoms with Crippen molar-refractivity contribution in [2.24, 2.45) is 0 Å². The van der Waals surface area contributed by atoms with Gasteiger partial charge < -0.3 is 9.47 Å². The van der Waals surface area contributed by atoms with Crippen molar-refractivity contribution in [3.05, 3.63) is 17.5 Å². The predicted molar refractivity (Wildman–Crippen MR) is 44.6 cm³/mol. The predicted octanol–water partition coefficient (Wildman–Crippen LogP) is 0.719. The molecule has 0 bridgehead atoms. The first kappa shape index (κ1) is 10.4. The van der Waals surface area contributed by atoms with Gasteiger partial charge in [-0.1, -0.05) is 0 Å². The molecule has 0 N–H and O–H groups in total. The molecule has 0 saturated heterocycles. The van der Waals surface area contributed by atoms with Crippen LogP contribution in [0.1, 0.15) is 16.3 Å². The molecule has 1 aromatic heterocycles. The first-order valence-corrected chi connectivity index (χ1v) is 3.76. The van der Waals surface area contributed by atoms with Gasteiger partial charge in [-0.05, 0) is 6.92 Å². The van der Waals surface area contributed by atoms with Gasteiger partial charge in [0.2, 0.25) is 5.82 Å². The molecule has 76 valence electrons. The first-order chi connectivity index (χ1) is 6.60. The fourth-order valence-corrected chi connectivity index (χ4v) is 0.942. The highest BCUT2D eigenvalue weighted by Gasteiger charge is 2.16. The van der Waals surface area contributed by atoms with E-state index in [0.717, 1.165) is 0 Å². The average Bonchev–Trinajstić information content (AvgIpc) is 2.16. The summed E-state index contributed by atoms with van der Waals surface area (Å²) in [5.74, 6) is -2.05. The zero-order chi connectivity index (χ0) is 10.7. The van der Waals surface area contributed by atoms with Crippen LogP contribution in [0.2, 0.25) is 0 Å². The summed E-state index contributed by atoms with van der Waals surface area (Å²) in [4.78, 5) is 18.0. The highest BCUT2D eigenvalue weighted by molar-refractivity contribution is 5.85. The minimum Gasteiger partial charge on any atom is -0.490 e. The van der Waals surface area contributed by atoms with Gasteiger partial charge in [0.15, 0.2) is 5.75 Å². The Bertz CT molecular complexity index is 345. The molecule has 0 atom stereocenters. The van der Waals surface area contributed by atoms with Gasteiger partial charge in [0.25, 0.3) is 5.95 Å². The minimum atomic E-state index is -0.875. The third kappa shape index (κ3) is 1.78. The molecule has 0 aliphatic heterocycles. The lowest BCUT2D eigenvalue weighted by atomic mass is 10.4. The summed E-state index contributed by atoms with van der Waals surface area (Å²) in [6, 6.07) is 0. The number of esters is 1. The lowest BCUT2D eigenvalue weighted by molar-refractivity contribution is 0.0584. The summed E-state index contributed by atoms with van der Waals surface area (Å²) in [5.41, 5.74) is 0.250. The van der Waals surface area contributed by atoms with E-state index in [-0.39, 0.29) is 17.3 Å². The molecule has 0 aliphatic carbocycles. The second-order valence-electron chi connectivity index (χ2n) is 2.45. The summed E-state index contributed by atoms with van der Waals surface area (Å²) in [6.45, 7) is 1.51. The summed E-state index contributed by atoms with van der Waals surface area (Å²) >= 11 is 0. The number of hydrogen-bond acceptors (Lipinski definition) is 5. The van der Waals surface area contributed by atoms with Gasteiger partial charge in [-0.25, -0.2) is 9.78 Å². The number of ether oxygens (including phenoxy) is 2. The molecule has 0 amide bonds. The molecule has 6 heteroatoms. The number of halogens is 1. The van der Waals surface area contributed by atoms with Crippen LogP contribution in [0.25, 0.3) is 0 Å². The smallest absolute Gasteiger partial charge is 0.376 e. The van der Waals surface area contributed by atoms with Gasteiger partial charge in [-0.15, -0.1) is 0 Å². The quantitative estimate of drug-likeness (QED) is 0.520. The van der Waals surface area contributed by atoms with Gasteiger partial charge in [0.1, 0.15) is 0 Å². The lowest BCUT2D eigenvalue weighted by Gasteiger charge is -2.05. The third-order valence-corrected chi connectivity index (χ3v) is 1.57. The van der Waals surface area contributed by atoms with Gasteiger partial charge >= 0.3 is 5.97 Å². The molecule has 1 aromatic rings. The van der Waals surface area contributed by atoms with E-state index in [1.807, 2.05) is 0 Å². The van der Waals surface area contributed by atoms with Crippen molar-refractivity contribution in [2.45, 2.75) is 6.92 Å². The van der Waals surface area contributed by atoms with Gasteiger partial charge in [0.05, 0.1) is 19.9 Å². The molecular formula is C8H9FN2O3. The topological polar surface area (TPSA) is 61.3 Å². The number of aryl methyl sites for hydroxylation is 1. The molecule has 14 heavy (non-hydrogen) atoms. The Labute approximate surface area is 79.9 Å². The van der Waals surface area contributed by atoms with Crippen LogP contribution in [0, 0.1) is 12.9 Å². The highest BCUT2D eigenvalue weighted by Crippen LogP contribution is 2.18. The van der Waals surface area contributed by atoms with Crippen molar-refractivity contribution in [3.63, 3.8) is 0 Å². The van der Waals surface area contributed by atoms with Gasteiger partial charge in [-0.2, -0.15) is 9.37 Å². The molecule has 0 unspecified atom stereocenters. The number of hydrogen-bond donors (Lipinski definition) is 0. The Morgan fingerprint density at radius 3 is 2.43 bits per heavy atom. The van der Waals surface area contributed by atoms with Crippen LogP contribution < -0.4 is 4.74 Å². The summed E-state index contributed by atoms with van der Waals surface area (Å²) < 4.78 is 22.2. The van der Waals surface area contributed by atoms with E-state index in [4.69, 9.17) is 4.74 Å². The fourth-order valence-electron chi connectivity index (χ4n) is 0.942. The highest BCUT2D eigenvalue weighted by atomic mass is 19.1. The van der Waals surface area contributed by atoms with Crippen LogP contribution in [0.3, 0.4) is 0 Å². The Hall–Kier alpha value is -1.72. The van der Waals surface area contributed by atoms with E-state index in [9.17, 15) is 9.18 Å². The normalized spacial score (nSPS) is 9.71. The minimum absolute atomic E-state index is 0.0716. The largest absolute Gasteiger partial charge is 0.490 e. The molecule has 0 radical (unpaired) electrons. The Balaban J connectivity index is 3.20. The Morgan fingerprint density at radius 2 is 2.00 bits per heavy atom. The SMILES string of the molecule is COC(=O)c1nc(C)c(OC)c(F)n1. The number of methoxy groups -OCH3 is 2. The van der Waals surface area contributed by atoms with Crippen molar-refractivity contribution in [3.8, 4) is 5.75 Å². The fraction of sp³-hybridized carbons (Fsp3) is 0.375. The zero-order valence-corrected chi connectivity index (χ0v) is 8.00. The van der Waals surface area contributed by atoms with Crippen molar-refractivity contribution in [2.75, 3.05) is 14.2 Å². The van der Waals surface area contributed by atoms with Crippen LogP contribution in [0.5, 0.6) is 5.75 Å². The number of nitrogens with zero attached hydrogens (tertiary/aromatic N) is 2. The number of rotatable bonds is 2.